The van der Waals surface area contributed by atoms with Crippen molar-refractivity contribution in [2.45, 2.75) is 14.7 Å². The highest BCUT2D eigenvalue weighted by molar-refractivity contribution is 7.94. The van der Waals surface area contributed by atoms with Crippen molar-refractivity contribution >= 4 is 79.7 Å². The third-order valence-electron chi connectivity index (χ3n) is 5.95. The summed E-state index contributed by atoms with van der Waals surface area (Å²) in [5.74, 6) is -2.07. The Labute approximate surface area is 263 Å². The van der Waals surface area contributed by atoms with E-state index < -0.39 is 32.5 Å². The summed E-state index contributed by atoms with van der Waals surface area (Å²) in [7, 11) is -4.45. The predicted octanol–water partition coefficient (Wildman–Crippen LogP) is 4.06. The van der Waals surface area contributed by atoms with Crippen LogP contribution in [0.25, 0.3) is 10.9 Å². The average Bonchev–Trinajstić information content (AvgIpc) is 3.64. The Kier molecular flexibility index (Phi) is 11.2. The molecule has 0 atom stereocenters. The fraction of sp³-hybridized carbons (Fsp3) is 0. The molecule has 46 heavy (non-hydrogen) atoms. The fourth-order valence-corrected chi connectivity index (χ4v) is 5.39. The molecule has 6 rings (SSSR count). The summed E-state index contributed by atoms with van der Waals surface area (Å²) < 4.78 is 40.3. The Bertz CT molecular complexity index is 1960. The van der Waals surface area contributed by atoms with Gasteiger partial charge in [0.05, 0.1) is 51.5 Å². The van der Waals surface area contributed by atoms with Crippen LogP contribution in [0.2, 0.25) is 0 Å². The molecule has 3 aromatic carbocycles. The molecule has 8 N–H and O–H groups in total. The van der Waals surface area contributed by atoms with E-state index in [0.29, 0.717) is 38.7 Å². The van der Waals surface area contributed by atoms with Crippen LogP contribution in [0.3, 0.4) is 0 Å². The zero-order chi connectivity index (χ0) is 33.6. The minimum Gasteiger partial charge on any atom is -0.505 e. The molecule has 3 heterocycles. The van der Waals surface area contributed by atoms with Gasteiger partial charge in [0.2, 0.25) is 5.78 Å². The van der Waals surface area contributed by atoms with E-state index in [1.54, 1.807) is 24.3 Å². The maximum absolute atomic E-state index is 12.7. The molecular formula is C24H17N3O16S3. The van der Waals surface area contributed by atoms with Gasteiger partial charge in [0.1, 0.15) is 11.4 Å². The number of amides is 1. The number of aromatic hydroxyl groups is 1. The zero-order valence-electron chi connectivity index (χ0n) is 22.1. The number of hydrogen-bond donors (Lipinski definition) is 8. The zero-order valence-corrected chi connectivity index (χ0v) is 24.6. The first-order chi connectivity index (χ1) is 21.9. The standard InChI is InChI=1S/C16H10N2O8S2.C8H5NO5S.H2O3/c19-15-9-5-7(27-26-25-21)1-3-11(9)17-13(15)14-16(20)10-6-8(28(22,23)24)2-4-12(10)18-14;10-7-5-3-4(15-14-13-12)1-2-6(5)9-8(7)11;1-3-2/h1-6,18,20-21H,(H,22,23,24);1-3,12H,(H,9,10,11);1-2H. The van der Waals surface area contributed by atoms with Gasteiger partial charge in [0.15, 0.2) is 5.75 Å². The highest BCUT2D eigenvalue weighted by Gasteiger charge is 2.31. The average molecular weight is 700 g/mol. The molecule has 0 bridgehead atoms. The quantitative estimate of drug-likeness (QED) is 0.0422. The van der Waals surface area contributed by atoms with E-state index in [2.05, 4.69) is 39.1 Å². The normalized spacial score (nSPS) is 13.3. The molecule has 0 radical (unpaired) electrons. The Balaban J connectivity index is 0.000000224. The van der Waals surface area contributed by atoms with Crippen LogP contribution in [0, 0.1) is 0 Å². The molecular weight excluding hydrogens is 682 g/mol. The number of aromatic amines is 1. The lowest BCUT2D eigenvalue weighted by molar-refractivity contribution is -0.465. The summed E-state index contributed by atoms with van der Waals surface area (Å²) in [4.78, 5) is 42.7. The number of ketones is 2. The Morgan fingerprint density at radius 1 is 0.783 bits per heavy atom. The molecule has 0 saturated carbocycles. The second kappa shape index (κ2) is 14.9. The van der Waals surface area contributed by atoms with Crippen LogP contribution in [-0.2, 0) is 38.7 Å². The van der Waals surface area contributed by atoms with E-state index in [1.807, 2.05) is 0 Å². The SMILES string of the molecule is O=C1C(c2[nH]c3ccc(S(=O)(=O)O)cc3c2O)=Nc2ccc(SOOO)cc21.O=C1Nc2ccc(SOOO)cc2C1=O.OOO. The molecule has 1 aromatic heterocycles. The molecule has 0 saturated heterocycles. The Hall–Kier alpha value is -4.27. The number of benzene rings is 3. The van der Waals surface area contributed by atoms with Crippen molar-refractivity contribution in [3.05, 3.63) is 71.4 Å². The van der Waals surface area contributed by atoms with Gasteiger partial charge in [-0.15, -0.1) is 8.67 Å². The first-order valence-electron chi connectivity index (χ1n) is 11.8. The van der Waals surface area contributed by atoms with Gasteiger partial charge in [-0.05, 0) is 54.6 Å². The molecule has 0 spiro atoms. The number of aromatic nitrogens is 1. The number of hydrogen-bond acceptors (Lipinski definition) is 18. The topological polar surface area (TPSA) is 293 Å². The fourth-order valence-electron chi connectivity index (χ4n) is 4.09. The summed E-state index contributed by atoms with van der Waals surface area (Å²) in [5.41, 5.74) is 1.69. The Morgan fingerprint density at radius 2 is 1.39 bits per heavy atom. The second-order valence-electron chi connectivity index (χ2n) is 8.52. The van der Waals surface area contributed by atoms with E-state index in [-0.39, 0.29) is 33.7 Å². The number of carbonyl (C=O) groups excluding carboxylic acids is 3. The van der Waals surface area contributed by atoms with Crippen LogP contribution in [-0.4, -0.2) is 67.3 Å². The van der Waals surface area contributed by atoms with Crippen LogP contribution in [0.1, 0.15) is 26.4 Å². The summed E-state index contributed by atoms with van der Waals surface area (Å²) in [6.07, 6.45) is 0. The van der Waals surface area contributed by atoms with E-state index in [4.69, 9.17) is 21.0 Å². The van der Waals surface area contributed by atoms with E-state index in [1.165, 1.54) is 18.2 Å². The van der Waals surface area contributed by atoms with E-state index >= 15 is 0 Å². The number of anilines is 1. The molecule has 242 valence electrons. The Morgan fingerprint density at radius 3 is 2.00 bits per heavy atom. The van der Waals surface area contributed by atoms with Crippen molar-refractivity contribution in [3.63, 3.8) is 0 Å². The molecule has 1 amide bonds. The van der Waals surface area contributed by atoms with Gasteiger partial charge in [0.25, 0.3) is 21.8 Å². The molecule has 19 nitrogen and oxygen atoms in total. The molecule has 4 aromatic rings. The minimum absolute atomic E-state index is 0.0211. The predicted molar refractivity (Wildman–Crippen MR) is 154 cm³/mol. The number of nitrogens with zero attached hydrogens (tertiary/aromatic N) is 1. The molecule has 0 unspecified atom stereocenters. The lowest BCUT2D eigenvalue weighted by Crippen LogP contribution is -2.12. The van der Waals surface area contributed by atoms with Crippen molar-refractivity contribution in [2.24, 2.45) is 4.99 Å². The highest BCUT2D eigenvalue weighted by atomic mass is 32.2. The minimum atomic E-state index is -4.45. The first kappa shape index (κ1) is 34.6. The van der Waals surface area contributed by atoms with Crippen molar-refractivity contribution in [1.29, 1.82) is 0 Å². The molecule has 2 aliphatic rings. The summed E-state index contributed by atoms with van der Waals surface area (Å²) in [6, 6.07) is 12.9. The van der Waals surface area contributed by atoms with Gasteiger partial charge in [-0.1, -0.05) is 15.1 Å². The summed E-state index contributed by atoms with van der Waals surface area (Å²) >= 11 is 1.41. The van der Waals surface area contributed by atoms with Crippen LogP contribution < -0.4 is 5.32 Å². The first-order valence-corrected chi connectivity index (χ1v) is 14.7. The van der Waals surface area contributed by atoms with Gasteiger partial charge in [-0.25, -0.2) is 26.0 Å². The van der Waals surface area contributed by atoms with Gasteiger partial charge in [-0.3, -0.25) is 18.9 Å². The number of nitrogens with one attached hydrogen (secondary N) is 2. The highest BCUT2D eigenvalue weighted by Crippen LogP contribution is 2.37. The van der Waals surface area contributed by atoms with E-state index in [0.717, 1.165) is 24.2 Å². The summed E-state index contributed by atoms with van der Waals surface area (Å²) in [5, 5.41) is 51.6. The third-order valence-corrected chi connectivity index (χ3v) is 7.95. The van der Waals surface area contributed by atoms with Gasteiger partial charge in [-0.2, -0.15) is 8.42 Å². The van der Waals surface area contributed by atoms with Gasteiger partial charge < -0.3 is 15.4 Å². The second-order valence-corrected chi connectivity index (χ2v) is 11.5. The number of carbonyl (C=O) groups is 3. The number of H-pyrrole nitrogens is 1. The largest absolute Gasteiger partial charge is 0.505 e. The van der Waals surface area contributed by atoms with Gasteiger partial charge in [0, 0.05) is 20.7 Å². The van der Waals surface area contributed by atoms with Crippen LogP contribution >= 0.6 is 24.1 Å². The van der Waals surface area contributed by atoms with Crippen molar-refractivity contribution in [2.75, 3.05) is 5.32 Å². The van der Waals surface area contributed by atoms with Crippen molar-refractivity contribution in [3.8, 4) is 5.75 Å². The monoisotopic (exact) mass is 699 g/mol. The number of fused-ring (bicyclic) bond motifs is 3. The van der Waals surface area contributed by atoms with Crippen molar-refractivity contribution in [1.82, 2.24) is 4.98 Å². The summed E-state index contributed by atoms with van der Waals surface area (Å²) in [6.45, 7) is 0. The van der Waals surface area contributed by atoms with Crippen LogP contribution in [0.5, 0.6) is 5.75 Å². The molecule has 0 fully saturated rings. The smallest absolute Gasteiger partial charge is 0.296 e. The lowest BCUT2D eigenvalue weighted by atomic mass is 10.1. The number of aliphatic imine (C=N–C) groups is 1. The van der Waals surface area contributed by atoms with E-state index in [9.17, 15) is 32.5 Å². The van der Waals surface area contributed by atoms with Crippen LogP contribution in [0.4, 0.5) is 11.4 Å². The molecule has 22 heteroatoms. The maximum atomic E-state index is 12.7. The third kappa shape index (κ3) is 7.57. The lowest BCUT2D eigenvalue weighted by Gasteiger charge is -2.00. The van der Waals surface area contributed by atoms with Gasteiger partial charge >= 0.3 is 0 Å². The number of rotatable bonds is 8. The van der Waals surface area contributed by atoms with Crippen LogP contribution in [0.15, 0.2) is 74.3 Å². The maximum Gasteiger partial charge on any atom is 0.296 e. The number of Topliss-reactive ketones (excluding diaryl/α,β-unsaturated/α-hetero) is 2. The van der Waals surface area contributed by atoms with Crippen molar-refractivity contribution < 1.29 is 77.3 Å². The molecule has 0 aliphatic carbocycles. The molecule has 2 aliphatic heterocycles.